The largest absolute Gasteiger partial charge is 0.545 e. The van der Waals surface area contributed by atoms with Gasteiger partial charge in [-0.15, -0.1) is 0 Å². The van der Waals surface area contributed by atoms with Gasteiger partial charge in [0.05, 0.1) is 17.0 Å². The maximum absolute atomic E-state index is 11.8. The van der Waals surface area contributed by atoms with Gasteiger partial charge >= 0.3 is 0 Å². The highest BCUT2D eigenvalue weighted by atomic mass is 16.4. The quantitative estimate of drug-likeness (QED) is 0.694. The van der Waals surface area contributed by atoms with E-state index in [4.69, 9.17) is 0 Å². The molecule has 0 spiro atoms. The first-order valence-corrected chi connectivity index (χ1v) is 4.97. The lowest BCUT2D eigenvalue weighted by atomic mass is 10.3. The van der Waals surface area contributed by atoms with Gasteiger partial charge in [0.15, 0.2) is 0 Å². The van der Waals surface area contributed by atoms with Gasteiger partial charge in [-0.05, 0) is 25.1 Å². The lowest BCUT2D eigenvalue weighted by molar-refractivity contribution is -0.297. The van der Waals surface area contributed by atoms with Gasteiger partial charge in [0.25, 0.3) is 5.91 Å². The Labute approximate surface area is 97.0 Å². The third-order valence-electron chi connectivity index (χ3n) is 2.31. The van der Waals surface area contributed by atoms with E-state index in [1.807, 2.05) is 6.07 Å². The number of carbonyl (C=O) groups excluding carboxylic acids is 2. The van der Waals surface area contributed by atoms with Crippen molar-refractivity contribution in [3.8, 4) is 0 Å². The first kappa shape index (κ1) is 11.1. The Morgan fingerprint density at radius 1 is 1.29 bits per heavy atom. The Balaban J connectivity index is 2.51. The molecule has 5 heteroatoms. The summed E-state index contributed by atoms with van der Waals surface area (Å²) in [5, 5.41) is 10.2. The Morgan fingerprint density at radius 3 is 2.71 bits per heavy atom. The molecule has 0 aliphatic carbocycles. The van der Waals surface area contributed by atoms with E-state index >= 15 is 0 Å². The standard InChI is InChI=1S/C12H10N2O3/c1-8-13-9-4-2-3-5-10(9)14(8)11(15)6-7-12(16)17/h2-7H,1H3,(H,16,17)/p-1/b7-6+. The van der Waals surface area contributed by atoms with E-state index in [9.17, 15) is 14.7 Å². The SMILES string of the molecule is Cc1nc2ccccc2n1C(=O)/C=C/C(=O)[O-]. The van der Waals surface area contributed by atoms with Crippen LogP contribution in [0.2, 0.25) is 0 Å². The third-order valence-corrected chi connectivity index (χ3v) is 2.31. The summed E-state index contributed by atoms with van der Waals surface area (Å²) < 4.78 is 1.36. The number of benzene rings is 1. The molecule has 0 saturated heterocycles. The summed E-state index contributed by atoms with van der Waals surface area (Å²) in [7, 11) is 0. The van der Waals surface area contributed by atoms with Gasteiger partial charge in [0.2, 0.25) is 0 Å². The van der Waals surface area contributed by atoms with Crippen molar-refractivity contribution in [2.24, 2.45) is 0 Å². The minimum Gasteiger partial charge on any atom is -0.545 e. The van der Waals surface area contributed by atoms with Crippen LogP contribution in [0.4, 0.5) is 0 Å². The number of nitrogens with zero attached hydrogens (tertiary/aromatic N) is 2. The van der Waals surface area contributed by atoms with Gasteiger partial charge in [0.1, 0.15) is 5.82 Å². The van der Waals surface area contributed by atoms with Gasteiger partial charge in [-0.1, -0.05) is 12.1 Å². The lowest BCUT2D eigenvalue weighted by Gasteiger charge is -2.01. The summed E-state index contributed by atoms with van der Waals surface area (Å²) in [6, 6.07) is 7.14. The molecule has 1 aromatic heterocycles. The van der Waals surface area contributed by atoms with E-state index < -0.39 is 11.9 Å². The molecule has 17 heavy (non-hydrogen) atoms. The predicted octanol–water partition coefficient (Wildman–Crippen LogP) is 0.291. The molecular weight excluding hydrogens is 220 g/mol. The van der Waals surface area contributed by atoms with Crippen LogP contribution in [0, 0.1) is 6.92 Å². The number of carboxylic acids is 1. The summed E-state index contributed by atoms with van der Waals surface area (Å²) in [4.78, 5) is 26.2. The molecule has 0 bridgehead atoms. The molecule has 86 valence electrons. The third kappa shape index (κ3) is 2.08. The maximum Gasteiger partial charge on any atom is 0.256 e. The molecule has 0 aliphatic heterocycles. The number of para-hydroxylation sites is 2. The van der Waals surface area contributed by atoms with Crippen molar-refractivity contribution in [1.82, 2.24) is 9.55 Å². The van der Waals surface area contributed by atoms with Crippen molar-refractivity contribution in [2.75, 3.05) is 0 Å². The smallest absolute Gasteiger partial charge is 0.256 e. The van der Waals surface area contributed by atoms with Crippen LogP contribution < -0.4 is 5.11 Å². The average Bonchev–Trinajstić information content (AvgIpc) is 2.61. The molecule has 2 rings (SSSR count). The van der Waals surface area contributed by atoms with Crippen LogP contribution in [0.3, 0.4) is 0 Å². The topological polar surface area (TPSA) is 75.0 Å². The number of fused-ring (bicyclic) bond motifs is 1. The lowest BCUT2D eigenvalue weighted by Crippen LogP contribution is -2.20. The number of allylic oxidation sites excluding steroid dienone is 1. The van der Waals surface area contributed by atoms with Crippen molar-refractivity contribution in [3.63, 3.8) is 0 Å². The van der Waals surface area contributed by atoms with E-state index in [0.717, 1.165) is 6.08 Å². The molecule has 0 N–H and O–H groups in total. The summed E-state index contributed by atoms with van der Waals surface area (Å²) in [6.45, 7) is 1.69. The van der Waals surface area contributed by atoms with Gasteiger partial charge in [-0.25, -0.2) is 4.98 Å². The Bertz CT molecular complexity index is 626. The molecule has 0 fully saturated rings. The molecule has 0 amide bonds. The van der Waals surface area contributed by atoms with Crippen LogP contribution in [-0.2, 0) is 4.79 Å². The number of aryl methyl sites for hydroxylation is 1. The molecule has 1 aromatic carbocycles. The first-order valence-electron chi connectivity index (χ1n) is 4.97. The molecule has 2 aromatic rings. The molecule has 0 aliphatic rings. The number of rotatable bonds is 2. The van der Waals surface area contributed by atoms with Gasteiger partial charge in [0, 0.05) is 6.08 Å². The van der Waals surface area contributed by atoms with Crippen LogP contribution in [0.15, 0.2) is 36.4 Å². The number of carbonyl (C=O) groups is 2. The van der Waals surface area contributed by atoms with E-state index in [-0.39, 0.29) is 0 Å². The van der Waals surface area contributed by atoms with Gasteiger partial charge < -0.3 is 9.90 Å². The Hall–Kier alpha value is -2.43. The normalized spacial score (nSPS) is 11.1. The second kappa shape index (κ2) is 4.21. The number of carboxylic acid groups (broad SMARTS) is 1. The van der Waals surface area contributed by atoms with E-state index in [1.54, 1.807) is 25.1 Å². The molecule has 0 radical (unpaired) electrons. The van der Waals surface area contributed by atoms with Crippen molar-refractivity contribution in [1.29, 1.82) is 0 Å². The number of aromatic nitrogens is 2. The van der Waals surface area contributed by atoms with Crippen molar-refractivity contribution in [2.45, 2.75) is 6.92 Å². The molecule has 0 unspecified atom stereocenters. The van der Waals surface area contributed by atoms with Crippen molar-refractivity contribution in [3.05, 3.63) is 42.2 Å². The first-order chi connectivity index (χ1) is 8.09. The van der Waals surface area contributed by atoms with Crippen molar-refractivity contribution >= 4 is 22.9 Å². The zero-order valence-electron chi connectivity index (χ0n) is 9.08. The van der Waals surface area contributed by atoms with E-state index in [2.05, 4.69) is 4.98 Å². The fourth-order valence-corrected chi connectivity index (χ4v) is 1.64. The van der Waals surface area contributed by atoms with Crippen LogP contribution in [0.5, 0.6) is 0 Å². The van der Waals surface area contributed by atoms with Gasteiger partial charge in [-0.2, -0.15) is 0 Å². The summed E-state index contributed by atoms with van der Waals surface area (Å²) in [5.74, 6) is -1.35. The average molecular weight is 229 g/mol. The number of imidazole rings is 1. The Kier molecular flexibility index (Phi) is 2.74. The zero-order chi connectivity index (χ0) is 12.4. The second-order valence-corrected chi connectivity index (χ2v) is 3.47. The van der Waals surface area contributed by atoms with Gasteiger partial charge in [-0.3, -0.25) is 9.36 Å². The monoisotopic (exact) mass is 229 g/mol. The van der Waals surface area contributed by atoms with Crippen molar-refractivity contribution < 1.29 is 14.7 Å². The highest BCUT2D eigenvalue weighted by molar-refractivity contribution is 6.00. The van der Waals surface area contributed by atoms with Crippen LogP contribution >= 0.6 is 0 Å². The highest BCUT2D eigenvalue weighted by Crippen LogP contribution is 2.15. The predicted molar refractivity (Wildman–Crippen MR) is 59.2 cm³/mol. The Morgan fingerprint density at radius 2 is 2.00 bits per heavy atom. The molecule has 5 nitrogen and oxygen atoms in total. The molecular formula is C12H9N2O3-. The number of hydrogen-bond donors (Lipinski definition) is 0. The summed E-state index contributed by atoms with van der Waals surface area (Å²) >= 11 is 0. The molecule has 0 saturated carbocycles. The second-order valence-electron chi connectivity index (χ2n) is 3.47. The number of hydrogen-bond acceptors (Lipinski definition) is 4. The highest BCUT2D eigenvalue weighted by Gasteiger charge is 2.10. The fourth-order valence-electron chi connectivity index (χ4n) is 1.64. The van der Waals surface area contributed by atoms with E-state index in [1.165, 1.54) is 4.57 Å². The minimum atomic E-state index is -1.40. The number of aliphatic carboxylic acids is 1. The summed E-state index contributed by atoms with van der Waals surface area (Å²) in [6.07, 6.45) is 1.66. The van der Waals surface area contributed by atoms with E-state index in [0.29, 0.717) is 22.9 Å². The molecule has 0 atom stereocenters. The summed E-state index contributed by atoms with van der Waals surface area (Å²) in [5.41, 5.74) is 1.35. The van der Waals surface area contributed by atoms with Crippen LogP contribution in [-0.4, -0.2) is 21.4 Å². The minimum absolute atomic E-state index is 0.458. The molecule has 1 heterocycles. The zero-order valence-corrected chi connectivity index (χ0v) is 9.08. The fraction of sp³-hybridized carbons (Fsp3) is 0.0833. The maximum atomic E-state index is 11.8. The van der Waals surface area contributed by atoms with Crippen LogP contribution in [0.1, 0.15) is 10.6 Å². The van der Waals surface area contributed by atoms with Crippen LogP contribution in [0.25, 0.3) is 11.0 Å².